The minimum Gasteiger partial charge on any atom is -0.376 e. The average Bonchev–Trinajstić information content (AvgIpc) is 2.24. The Morgan fingerprint density at radius 1 is 1.27 bits per heavy atom. The van der Waals surface area contributed by atoms with Gasteiger partial charge < -0.3 is 10.1 Å². The van der Waals surface area contributed by atoms with Gasteiger partial charge in [0.15, 0.2) is 0 Å². The van der Waals surface area contributed by atoms with E-state index in [0.29, 0.717) is 18.1 Å². The predicted molar refractivity (Wildman–Crippen MR) is 65.1 cm³/mol. The van der Waals surface area contributed by atoms with Crippen LogP contribution in [0.4, 0.5) is 0 Å². The minimum atomic E-state index is 0.465. The first-order chi connectivity index (χ1) is 7.24. The fraction of sp³-hybridized carbons (Fsp3) is 1.00. The summed E-state index contributed by atoms with van der Waals surface area (Å²) in [6.07, 6.45) is 6.92. The van der Waals surface area contributed by atoms with E-state index in [9.17, 15) is 0 Å². The Bertz CT molecular complexity index is 159. The molecule has 2 unspecified atom stereocenters. The fourth-order valence-electron chi connectivity index (χ4n) is 2.18. The van der Waals surface area contributed by atoms with Gasteiger partial charge >= 0.3 is 0 Å². The third-order valence-electron chi connectivity index (χ3n) is 3.00. The molecular weight excluding hydrogens is 186 g/mol. The van der Waals surface area contributed by atoms with E-state index in [4.69, 9.17) is 4.74 Å². The summed E-state index contributed by atoms with van der Waals surface area (Å²) in [7, 11) is 0. The van der Waals surface area contributed by atoms with Crippen molar-refractivity contribution in [1.29, 1.82) is 0 Å². The van der Waals surface area contributed by atoms with E-state index in [1.54, 1.807) is 0 Å². The first-order valence-corrected chi connectivity index (χ1v) is 6.59. The van der Waals surface area contributed by atoms with Crippen molar-refractivity contribution in [3.8, 4) is 0 Å². The van der Waals surface area contributed by atoms with Crippen molar-refractivity contribution in [3.05, 3.63) is 0 Å². The van der Waals surface area contributed by atoms with Crippen molar-refractivity contribution >= 4 is 0 Å². The van der Waals surface area contributed by atoms with Crippen LogP contribution in [-0.4, -0.2) is 25.3 Å². The highest BCUT2D eigenvalue weighted by Crippen LogP contribution is 2.21. The zero-order valence-corrected chi connectivity index (χ0v) is 10.6. The van der Waals surface area contributed by atoms with E-state index in [-0.39, 0.29) is 0 Å². The molecule has 2 atom stereocenters. The third-order valence-corrected chi connectivity index (χ3v) is 3.00. The van der Waals surface area contributed by atoms with Crippen LogP contribution in [-0.2, 0) is 4.74 Å². The third kappa shape index (κ3) is 4.98. The first-order valence-electron chi connectivity index (χ1n) is 6.59. The summed E-state index contributed by atoms with van der Waals surface area (Å²) in [6, 6.07) is 0.609. The van der Waals surface area contributed by atoms with Crippen molar-refractivity contribution < 1.29 is 4.74 Å². The Kier molecular flexibility index (Phi) is 6.26. The summed E-state index contributed by atoms with van der Waals surface area (Å²) in [5.41, 5.74) is 0. The van der Waals surface area contributed by atoms with Gasteiger partial charge in [-0.25, -0.2) is 0 Å². The molecule has 0 aromatic heterocycles. The quantitative estimate of drug-likeness (QED) is 0.732. The average molecular weight is 213 g/mol. The largest absolute Gasteiger partial charge is 0.376 e. The highest BCUT2D eigenvalue weighted by atomic mass is 16.5. The molecule has 1 saturated carbocycles. The van der Waals surface area contributed by atoms with Crippen molar-refractivity contribution in [2.45, 2.75) is 65.0 Å². The molecule has 1 fully saturated rings. The van der Waals surface area contributed by atoms with Crippen LogP contribution in [0.1, 0.15) is 52.9 Å². The maximum atomic E-state index is 5.99. The van der Waals surface area contributed by atoms with Gasteiger partial charge in [0.05, 0.1) is 6.10 Å². The molecule has 15 heavy (non-hydrogen) atoms. The standard InChI is InChI=1S/C13H27NO/c1-4-9-14-12-7-5-6-8-13(12)15-10-11(2)3/h11-14H,4-10H2,1-3H3. The molecule has 2 nitrogen and oxygen atoms in total. The van der Waals surface area contributed by atoms with Crippen molar-refractivity contribution in [2.24, 2.45) is 5.92 Å². The molecule has 90 valence electrons. The predicted octanol–water partition coefficient (Wildman–Crippen LogP) is 2.97. The summed E-state index contributed by atoms with van der Waals surface area (Å²) in [4.78, 5) is 0. The lowest BCUT2D eigenvalue weighted by Gasteiger charge is -2.32. The number of ether oxygens (including phenoxy) is 1. The van der Waals surface area contributed by atoms with E-state index in [1.165, 1.54) is 32.1 Å². The fourth-order valence-corrected chi connectivity index (χ4v) is 2.18. The molecule has 1 N–H and O–H groups in total. The minimum absolute atomic E-state index is 0.465. The van der Waals surface area contributed by atoms with Crippen LogP contribution in [0.5, 0.6) is 0 Å². The lowest BCUT2D eigenvalue weighted by atomic mass is 9.92. The van der Waals surface area contributed by atoms with Crippen LogP contribution in [0.3, 0.4) is 0 Å². The van der Waals surface area contributed by atoms with Gasteiger partial charge in [-0.3, -0.25) is 0 Å². The Labute approximate surface area is 94.8 Å². The van der Waals surface area contributed by atoms with Crippen LogP contribution < -0.4 is 5.32 Å². The van der Waals surface area contributed by atoms with Gasteiger partial charge in [0.2, 0.25) is 0 Å². The van der Waals surface area contributed by atoms with Gasteiger partial charge in [-0.2, -0.15) is 0 Å². The molecule has 0 aromatic rings. The van der Waals surface area contributed by atoms with Crippen LogP contribution >= 0.6 is 0 Å². The molecule has 0 amide bonds. The molecule has 0 heterocycles. The molecule has 1 aliphatic rings. The van der Waals surface area contributed by atoms with E-state index >= 15 is 0 Å². The SMILES string of the molecule is CCCNC1CCCCC1OCC(C)C. The number of nitrogens with one attached hydrogen (secondary N) is 1. The van der Waals surface area contributed by atoms with Crippen LogP contribution in [0, 0.1) is 5.92 Å². The molecule has 1 rings (SSSR count). The van der Waals surface area contributed by atoms with E-state index in [2.05, 4.69) is 26.1 Å². The van der Waals surface area contributed by atoms with Gasteiger partial charge in [-0.1, -0.05) is 33.6 Å². The summed E-state index contributed by atoms with van der Waals surface area (Å²) in [6.45, 7) is 8.70. The Morgan fingerprint density at radius 2 is 2.00 bits per heavy atom. The maximum absolute atomic E-state index is 5.99. The second-order valence-electron chi connectivity index (χ2n) is 5.11. The normalized spacial score (nSPS) is 27.2. The van der Waals surface area contributed by atoms with Gasteiger partial charge in [0.25, 0.3) is 0 Å². The zero-order valence-electron chi connectivity index (χ0n) is 10.6. The molecule has 2 heteroatoms. The van der Waals surface area contributed by atoms with Crippen LogP contribution in [0.25, 0.3) is 0 Å². The van der Waals surface area contributed by atoms with Crippen molar-refractivity contribution in [2.75, 3.05) is 13.2 Å². The van der Waals surface area contributed by atoms with Gasteiger partial charge in [0, 0.05) is 12.6 Å². The Balaban J connectivity index is 2.29. The van der Waals surface area contributed by atoms with Gasteiger partial charge in [-0.15, -0.1) is 0 Å². The summed E-state index contributed by atoms with van der Waals surface area (Å²) >= 11 is 0. The topological polar surface area (TPSA) is 21.3 Å². The zero-order chi connectivity index (χ0) is 11.1. The number of hydrogen-bond acceptors (Lipinski definition) is 2. The highest BCUT2D eigenvalue weighted by Gasteiger charge is 2.24. The molecule has 0 aromatic carbocycles. The summed E-state index contributed by atoms with van der Waals surface area (Å²) < 4.78 is 5.99. The lowest BCUT2D eigenvalue weighted by molar-refractivity contribution is -0.00735. The lowest BCUT2D eigenvalue weighted by Crippen LogP contribution is -2.44. The number of rotatable bonds is 6. The summed E-state index contributed by atoms with van der Waals surface area (Å²) in [5, 5.41) is 3.62. The second kappa shape index (κ2) is 7.24. The van der Waals surface area contributed by atoms with Crippen LogP contribution in [0.2, 0.25) is 0 Å². The monoisotopic (exact) mass is 213 g/mol. The smallest absolute Gasteiger partial charge is 0.0728 e. The highest BCUT2D eigenvalue weighted by molar-refractivity contribution is 4.81. The Hall–Kier alpha value is -0.0800. The van der Waals surface area contributed by atoms with Crippen molar-refractivity contribution in [1.82, 2.24) is 5.32 Å². The van der Waals surface area contributed by atoms with E-state index in [0.717, 1.165) is 13.2 Å². The molecule has 0 saturated heterocycles. The molecular formula is C13H27NO. The molecule has 0 radical (unpaired) electrons. The summed E-state index contributed by atoms with van der Waals surface area (Å²) in [5.74, 6) is 0.652. The Morgan fingerprint density at radius 3 is 2.67 bits per heavy atom. The molecule has 0 aliphatic heterocycles. The second-order valence-corrected chi connectivity index (χ2v) is 5.11. The maximum Gasteiger partial charge on any atom is 0.0728 e. The van der Waals surface area contributed by atoms with E-state index < -0.39 is 0 Å². The van der Waals surface area contributed by atoms with E-state index in [1.807, 2.05) is 0 Å². The molecule has 0 spiro atoms. The van der Waals surface area contributed by atoms with Gasteiger partial charge in [0.1, 0.15) is 0 Å². The van der Waals surface area contributed by atoms with Gasteiger partial charge in [-0.05, 0) is 31.7 Å². The van der Waals surface area contributed by atoms with Crippen LogP contribution in [0.15, 0.2) is 0 Å². The first kappa shape index (κ1) is 13.0. The molecule has 0 bridgehead atoms. The van der Waals surface area contributed by atoms with Crippen molar-refractivity contribution in [3.63, 3.8) is 0 Å². The number of hydrogen-bond donors (Lipinski definition) is 1. The molecule has 1 aliphatic carbocycles.